The lowest BCUT2D eigenvalue weighted by Gasteiger charge is -2.24. The SMILES string of the molecule is CC(C)c1ccc(NC(=O)N2CCC[C@@H]2C(=O)Nc2ccc(Br)cc2)cc1. The van der Waals surface area contributed by atoms with Crippen LogP contribution in [-0.2, 0) is 4.79 Å². The van der Waals surface area contributed by atoms with Crippen molar-refractivity contribution >= 4 is 39.2 Å². The van der Waals surface area contributed by atoms with E-state index in [0.29, 0.717) is 18.9 Å². The Bertz CT molecular complexity index is 803. The first-order chi connectivity index (χ1) is 12.9. The average molecular weight is 430 g/mol. The largest absolute Gasteiger partial charge is 0.324 e. The molecule has 142 valence electrons. The number of benzene rings is 2. The number of halogens is 1. The van der Waals surface area contributed by atoms with Crippen molar-refractivity contribution in [2.45, 2.75) is 38.6 Å². The first kappa shape index (κ1) is 19.4. The van der Waals surface area contributed by atoms with Crippen LogP contribution in [0.5, 0.6) is 0 Å². The van der Waals surface area contributed by atoms with Gasteiger partial charge < -0.3 is 15.5 Å². The summed E-state index contributed by atoms with van der Waals surface area (Å²) in [6.07, 6.45) is 1.49. The molecule has 1 heterocycles. The molecule has 2 N–H and O–H groups in total. The second kappa shape index (κ2) is 8.57. The van der Waals surface area contributed by atoms with Crippen LogP contribution in [0.2, 0.25) is 0 Å². The van der Waals surface area contributed by atoms with E-state index in [1.54, 1.807) is 4.90 Å². The molecule has 0 unspecified atom stereocenters. The van der Waals surface area contributed by atoms with Gasteiger partial charge in [0.15, 0.2) is 0 Å². The van der Waals surface area contributed by atoms with Crippen LogP contribution in [0.1, 0.15) is 38.2 Å². The molecule has 0 saturated carbocycles. The third-order valence-corrected chi connectivity index (χ3v) is 5.29. The van der Waals surface area contributed by atoms with Crippen molar-refractivity contribution in [2.24, 2.45) is 0 Å². The quantitative estimate of drug-likeness (QED) is 0.700. The molecule has 0 bridgehead atoms. The first-order valence-corrected chi connectivity index (χ1v) is 9.97. The topological polar surface area (TPSA) is 61.4 Å². The highest BCUT2D eigenvalue weighted by molar-refractivity contribution is 9.10. The van der Waals surface area contributed by atoms with Crippen LogP contribution in [0.3, 0.4) is 0 Å². The van der Waals surface area contributed by atoms with Crippen LogP contribution in [0.4, 0.5) is 16.2 Å². The molecule has 6 heteroatoms. The number of likely N-dealkylation sites (tertiary alicyclic amines) is 1. The van der Waals surface area contributed by atoms with E-state index >= 15 is 0 Å². The molecule has 3 rings (SSSR count). The Morgan fingerprint density at radius 2 is 1.59 bits per heavy atom. The summed E-state index contributed by atoms with van der Waals surface area (Å²) in [5.74, 6) is 0.292. The van der Waals surface area contributed by atoms with Gasteiger partial charge in [-0.15, -0.1) is 0 Å². The van der Waals surface area contributed by atoms with Crippen LogP contribution in [0.25, 0.3) is 0 Å². The fraction of sp³-hybridized carbons (Fsp3) is 0.333. The minimum atomic E-state index is -0.455. The second-order valence-corrected chi connectivity index (χ2v) is 7.97. The van der Waals surface area contributed by atoms with Crippen LogP contribution in [0, 0.1) is 0 Å². The lowest BCUT2D eigenvalue weighted by Crippen LogP contribution is -2.45. The Hall–Kier alpha value is -2.34. The van der Waals surface area contributed by atoms with E-state index in [2.05, 4.69) is 40.4 Å². The maximum absolute atomic E-state index is 12.7. The van der Waals surface area contributed by atoms with Crippen molar-refractivity contribution in [2.75, 3.05) is 17.2 Å². The Balaban J connectivity index is 1.63. The molecule has 5 nitrogen and oxygen atoms in total. The Morgan fingerprint density at radius 1 is 1.00 bits per heavy atom. The number of nitrogens with one attached hydrogen (secondary N) is 2. The van der Waals surface area contributed by atoms with Gasteiger partial charge in [0.25, 0.3) is 0 Å². The maximum Gasteiger partial charge on any atom is 0.322 e. The highest BCUT2D eigenvalue weighted by Gasteiger charge is 2.34. The van der Waals surface area contributed by atoms with Gasteiger partial charge in [0.1, 0.15) is 6.04 Å². The third kappa shape index (κ3) is 4.89. The van der Waals surface area contributed by atoms with Crippen LogP contribution in [-0.4, -0.2) is 29.4 Å². The van der Waals surface area contributed by atoms with Gasteiger partial charge in [-0.1, -0.05) is 41.9 Å². The normalized spacial score (nSPS) is 16.4. The molecule has 1 fully saturated rings. The fourth-order valence-electron chi connectivity index (χ4n) is 3.19. The summed E-state index contributed by atoms with van der Waals surface area (Å²) < 4.78 is 0.950. The molecule has 1 saturated heterocycles. The zero-order valence-corrected chi connectivity index (χ0v) is 17.1. The van der Waals surface area contributed by atoms with E-state index in [4.69, 9.17) is 0 Å². The number of anilines is 2. The molecule has 1 atom stereocenters. The zero-order chi connectivity index (χ0) is 19.4. The van der Waals surface area contributed by atoms with E-state index in [1.807, 2.05) is 48.5 Å². The van der Waals surface area contributed by atoms with Crippen molar-refractivity contribution in [3.8, 4) is 0 Å². The Morgan fingerprint density at radius 3 is 2.22 bits per heavy atom. The predicted octanol–water partition coefficient (Wildman–Crippen LogP) is 5.21. The van der Waals surface area contributed by atoms with Crippen molar-refractivity contribution < 1.29 is 9.59 Å². The summed E-state index contributed by atoms with van der Waals surface area (Å²) in [4.78, 5) is 26.9. The minimum absolute atomic E-state index is 0.153. The highest BCUT2D eigenvalue weighted by atomic mass is 79.9. The van der Waals surface area contributed by atoms with E-state index in [-0.39, 0.29) is 11.9 Å². The second-order valence-electron chi connectivity index (χ2n) is 7.05. The fourth-order valence-corrected chi connectivity index (χ4v) is 3.45. The molecule has 3 amide bonds. The van der Waals surface area contributed by atoms with Gasteiger partial charge in [-0.25, -0.2) is 4.79 Å². The van der Waals surface area contributed by atoms with Crippen molar-refractivity contribution in [3.05, 3.63) is 58.6 Å². The first-order valence-electron chi connectivity index (χ1n) is 9.18. The van der Waals surface area contributed by atoms with Gasteiger partial charge in [0.05, 0.1) is 0 Å². The number of nitrogens with zero attached hydrogens (tertiary/aromatic N) is 1. The summed E-state index contributed by atoms with van der Waals surface area (Å²) in [5.41, 5.74) is 2.68. The molecule has 1 aliphatic heterocycles. The van der Waals surface area contributed by atoms with Crippen LogP contribution >= 0.6 is 15.9 Å². The van der Waals surface area contributed by atoms with E-state index in [1.165, 1.54) is 5.56 Å². The molecule has 0 aliphatic carbocycles. The molecule has 0 spiro atoms. The number of urea groups is 1. The van der Waals surface area contributed by atoms with Crippen LogP contribution < -0.4 is 10.6 Å². The molecule has 27 heavy (non-hydrogen) atoms. The number of rotatable bonds is 4. The Kier molecular flexibility index (Phi) is 6.16. The van der Waals surface area contributed by atoms with Gasteiger partial charge in [0.2, 0.25) is 5.91 Å². The zero-order valence-electron chi connectivity index (χ0n) is 15.5. The minimum Gasteiger partial charge on any atom is -0.324 e. The molecule has 0 aromatic heterocycles. The Labute approximate surface area is 168 Å². The molecule has 1 aliphatic rings. The molecule has 0 radical (unpaired) electrons. The van der Waals surface area contributed by atoms with Gasteiger partial charge in [-0.05, 0) is 60.7 Å². The molecular formula is C21H24BrN3O2. The summed E-state index contributed by atoms with van der Waals surface area (Å²) in [7, 11) is 0. The summed E-state index contributed by atoms with van der Waals surface area (Å²) in [5, 5.41) is 5.81. The number of amides is 3. The highest BCUT2D eigenvalue weighted by Crippen LogP contribution is 2.22. The van der Waals surface area contributed by atoms with Gasteiger partial charge in [0, 0.05) is 22.4 Å². The van der Waals surface area contributed by atoms with Gasteiger partial charge >= 0.3 is 6.03 Å². The smallest absolute Gasteiger partial charge is 0.322 e. The number of hydrogen-bond donors (Lipinski definition) is 2. The van der Waals surface area contributed by atoms with Crippen molar-refractivity contribution in [1.82, 2.24) is 4.90 Å². The molecular weight excluding hydrogens is 406 g/mol. The van der Waals surface area contributed by atoms with Crippen molar-refractivity contribution in [1.29, 1.82) is 0 Å². The van der Waals surface area contributed by atoms with Gasteiger partial charge in [-0.2, -0.15) is 0 Å². The number of carbonyl (C=O) groups is 2. The molecule has 2 aromatic carbocycles. The summed E-state index contributed by atoms with van der Waals surface area (Å²) in [6.45, 7) is 4.84. The average Bonchev–Trinajstić information content (AvgIpc) is 3.14. The maximum atomic E-state index is 12.7. The van der Waals surface area contributed by atoms with Crippen molar-refractivity contribution in [3.63, 3.8) is 0 Å². The standard InChI is InChI=1S/C21H24BrN3O2/c1-14(2)15-5-9-18(10-6-15)24-21(27)25-13-3-4-19(25)20(26)23-17-11-7-16(22)8-12-17/h5-12,14,19H,3-4,13H2,1-2H3,(H,23,26)(H,24,27)/t19-/m1/s1. The number of hydrogen-bond acceptors (Lipinski definition) is 2. The number of carbonyl (C=O) groups excluding carboxylic acids is 2. The monoisotopic (exact) mass is 429 g/mol. The van der Waals surface area contributed by atoms with E-state index < -0.39 is 6.04 Å². The van der Waals surface area contributed by atoms with E-state index in [0.717, 1.165) is 22.3 Å². The van der Waals surface area contributed by atoms with E-state index in [9.17, 15) is 9.59 Å². The third-order valence-electron chi connectivity index (χ3n) is 4.76. The lowest BCUT2D eigenvalue weighted by molar-refractivity contribution is -0.119. The summed E-state index contributed by atoms with van der Waals surface area (Å²) in [6, 6.07) is 14.6. The molecule has 2 aromatic rings. The van der Waals surface area contributed by atoms with Crippen LogP contribution in [0.15, 0.2) is 53.0 Å². The summed E-state index contributed by atoms with van der Waals surface area (Å²) >= 11 is 3.38. The predicted molar refractivity (Wildman–Crippen MR) is 112 cm³/mol. The lowest BCUT2D eigenvalue weighted by atomic mass is 10.0. The van der Waals surface area contributed by atoms with Gasteiger partial charge in [-0.3, -0.25) is 4.79 Å².